The van der Waals surface area contributed by atoms with Crippen LogP contribution in [0.15, 0.2) is 60.7 Å². The van der Waals surface area contributed by atoms with Gasteiger partial charge < -0.3 is 20.1 Å². The van der Waals surface area contributed by atoms with E-state index in [9.17, 15) is 13.6 Å². The van der Waals surface area contributed by atoms with Crippen LogP contribution in [0.3, 0.4) is 0 Å². The fraction of sp³-hybridized carbons (Fsp3) is 0.136. The summed E-state index contributed by atoms with van der Waals surface area (Å²) in [6.07, 6.45) is 0.168. The maximum Gasteiger partial charge on any atom is 0.228 e. The van der Waals surface area contributed by atoms with Gasteiger partial charge in [0.05, 0.1) is 26.3 Å². The van der Waals surface area contributed by atoms with E-state index in [4.69, 9.17) is 9.47 Å². The summed E-state index contributed by atoms with van der Waals surface area (Å²) in [7, 11) is 3.09. The van der Waals surface area contributed by atoms with Crippen molar-refractivity contribution >= 4 is 23.0 Å². The molecular weight excluding hydrogens is 378 g/mol. The highest BCUT2D eigenvalue weighted by Crippen LogP contribution is 2.28. The van der Waals surface area contributed by atoms with Crippen molar-refractivity contribution in [3.8, 4) is 11.5 Å². The van der Waals surface area contributed by atoms with E-state index in [1.165, 1.54) is 19.2 Å². The quantitative estimate of drug-likeness (QED) is 0.594. The van der Waals surface area contributed by atoms with Gasteiger partial charge in [0.1, 0.15) is 11.6 Å². The number of carbonyl (C=O) groups is 1. The third kappa shape index (κ3) is 5.22. The molecule has 0 aliphatic heterocycles. The Morgan fingerprint density at radius 1 is 0.862 bits per heavy atom. The van der Waals surface area contributed by atoms with Gasteiger partial charge in [0.25, 0.3) is 0 Å². The molecular formula is C22H20F2N2O3. The smallest absolute Gasteiger partial charge is 0.228 e. The number of methoxy groups -OCH3 is 2. The van der Waals surface area contributed by atoms with Crippen LogP contribution in [-0.2, 0) is 11.2 Å². The van der Waals surface area contributed by atoms with Crippen molar-refractivity contribution in [2.45, 2.75) is 6.42 Å². The van der Waals surface area contributed by atoms with Gasteiger partial charge in [0, 0.05) is 17.4 Å². The van der Waals surface area contributed by atoms with E-state index in [1.54, 1.807) is 49.6 Å². The first-order valence-electron chi connectivity index (χ1n) is 8.81. The van der Waals surface area contributed by atoms with Crippen molar-refractivity contribution in [1.29, 1.82) is 0 Å². The number of anilines is 3. The highest BCUT2D eigenvalue weighted by molar-refractivity contribution is 5.92. The van der Waals surface area contributed by atoms with Crippen molar-refractivity contribution in [3.05, 3.63) is 77.9 Å². The first-order chi connectivity index (χ1) is 14.0. The lowest BCUT2D eigenvalue weighted by Crippen LogP contribution is -2.14. The molecule has 0 aromatic heterocycles. The number of ether oxygens (including phenoxy) is 2. The zero-order valence-corrected chi connectivity index (χ0v) is 16.0. The molecule has 0 radical (unpaired) electrons. The third-order valence-electron chi connectivity index (χ3n) is 4.19. The van der Waals surface area contributed by atoms with Crippen molar-refractivity contribution < 1.29 is 23.0 Å². The number of carbonyl (C=O) groups excluding carboxylic acids is 1. The van der Waals surface area contributed by atoms with Gasteiger partial charge in [-0.25, -0.2) is 8.78 Å². The van der Waals surface area contributed by atoms with Crippen LogP contribution in [0.4, 0.5) is 25.8 Å². The third-order valence-corrected chi connectivity index (χ3v) is 4.19. The van der Waals surface area contributed by atoms with Crippen molar-refractivity contribution in [2.75, 3.05) is 24.9 Å². The van der Waals surface area contributed by atoms with E-state index in [0.29, 0.717) is 22.9 Å². The van der Waals surface area contributed by atoms with E-state index in [0.717, 1.165) is 11.6 Å². The highest BCUT2D eigenvalue weighted by Gasteiger charge is 2.09. The Morgan fingerprint density at radius 2 is 1.55 bits per heavy atom. The molecule has 150 valence electrons. The average Bonchev–Trinajstić information content (AvgIpc) is 2.71. The summed E-state index contributed by atoms with van der Waals surface area (Å²) >= 11 is 0. The summed E-state index contributed by atoms with van der Waals surface area (Å²) in [4.78, 5) is 12.3. The van der Waals surface area contributed by atoms with E-state index in [-0.39, 0.29) is 18.0 Å². The Kier molecular flexibility index (Phi) is 6.29. The molecule has 3 rings (SSSR count). The number of nitrogens with one attached hydrogen (secondary N) is 2. The Labute approximate surface area is 167 Å². The molecule has 1 amide bonds. The maximum absolute atomic E-state index is 13.7. The molecule has 7 heteroatoms. The van der Waals surface area contributed by atoms with Crippen molar-refractivity contribution in [2.24, 2.45) is 0 Å². The molecule has 0 heterocycles. The molecule has 2 N–H and O–H groups in total. The molecule has 0 aliphatic carbocycles. The molecule has 3 aromatic carbocycles. The minimum absolute atomic E-state index is 0.164. The summed E-state index contributed by atoms with van der Waals surface area (Å²) in [5.41, 5.74) is 2.15. The molecule has 0 unspecified atom stereocenters. The van der Waals surface area contributed by atoms with E-state index < -0.39 is 11.6 Å². The molecule has 0 aliphatic rings. The lowest BCUT2D eigenvalue weighted by molar-refractivity contribution is -0.115. The van der Waals surface area contributed by atoms with Crippen LogP contribution in [0.5, 0.6) is 11.5 Å². The summed E-state index contributed by atoms with van der Waals surface area (Å²) < 4.78 is 37.1. The summed E-state index contributed by atoms with van der Waals surface area (Å²) in [5.74, 6) is -0.362. The van der Waals surface area contributed by atoms with Gasteiger partial charge in [-0.2, -0.15) is 0 Å². The van der Waals surface area contributed by atoms with Crippen molar-refractivity contribution in [3.63, 3.8) is 0 Å². The first kappa shape index (κ1) is 20.1. The Hall–Kier alpha value is -3.61. The Morgan fingerprint density at radius 3 is 2.21 bits per heavy atom. The molecule has 0 fully saturated rings. The van der Waals surface area contributed by atoms with Gasteiger partial charge in [-0.3, -0.25) is 4.79 Å². The van der Waals surface area contributed by atoms with Crippen LogP contribution < -0.4 is 20.1 Å². The van der Waals surface area contributed by atoms with Crippen LogP contribution in [0.2, 0.25) is 0 Å². The molecule has 3 aromatic rings. The lowest BCUT2D eigenvalue weighted by atomic mass is 10.1. The number of hydrogen-bond acceptors (Lipinski definition) is 4. The van der Waals surface area contributed by atoms with Crippen LogP contribution >= 0.6 is 0 Å². The molecule has 5 nitrogen and oxygen atoms in total. The topological polar surface area (TPSA) is 59.6 Å². The number of amides is 1. The highest BCUT2D eigenvalue weighted by atomic mass is 19.1. The molecule has 0 spiro atoms. The summed E-state index contributed by atoms with van der Waals surface area (Å²) in [6, 6.07) is 15.4. The zero-order chi connectivity index (χ0) is 20.8. The van der Waals surface area contributed by atoms with Gasteiger partial charge in [0.2, 0.25) is 5.91 Å². The number of benzene rings is 3. The summed E-state index contributed by atoms with van der Waals surface area (Å²) in [6.45, 7) is 0. The minimum Gasteiger partial charge on any atom is -0.493 e. The predicted octanol–water partition coefficient (Wildman–Crippen LogP) is 4.91. The summed E-state index contributed by atoms with van der Waals surface area (Å²) in [5, 5.41) is 5.67. The normalized spacial score (nSPS) is 10.3. The number of rotatable bonds is 7. The average molecular weight is 398 g/mol. The van der Waals surface area contributed by atoms with E-state index >= 15 is 0 Å². The fourth-order valence-corrected chi connectivity index (χ4v) is 2.76. The van der Waals surface area contributed by atoms with Gasteiger partial charge >= 0.3 is 0 Å². The predicted molar refractivity (Wildman–Crippen MR) is 108 cm³/mol. The first-order valence-corrected chi connectivity index (χ1v) is 8.81. The van der Waals surface area contributed by atoms with E-state index in [1.807, 2.05) is 0 Å². The Balaban J connectivity index is 1.61. The molecule has 0 atom stereocenters. The standard InChI is InChI=1S/C22H20F2N2O3/c1-28-20-10-3-14(11-21(20)29-2)12-22(27)26-17-7-5-16(6-8-17)25-19-9-4-15(23)13-18(19)24/h3-11,13,25H,12H2,1-2H3,(H,26,27). The lowest BCUT2D eigenvalue weighted by Gasteiger charge is -2.11. The second kappa shape index (κ2) is 9.05. The number of hydrogen-bond donors (Lipinski definition) is 2. The number of halogens is 2. The zero-order valence-electron chi connectivity index (χ0n) is 16.0. The largest absolute Gasteiger partial charge is 0.493 e. The van der Waals surface area contributed by atoms with Crippen molar-refractivity contribution in [1.82, 2.24) is 0 Å². The molecule has 0 saturated heterocycles. The van der Waals surface area contributed by atoms with Crippen LogP contribution in [0, 0.1) is 11.6 Å². The van der Waals surface area contributed by atoms with E-state index in [2.05, 4.69) is 10.6 Å². The fourth-order valence-electron chi connectivity index (χ4n) is 2.76. The second-order valence-corrected chi connectivity index (χ2v) is 6.24. The van der Waals surface area contributed by atoms with Crippen LogP contribution in [0.25, 0.3) is 0 Å². The molecule has 29 heavy (non-hydrogen) atoms. The monoisotopic (exact) mass is 398 g/mol. The van der Waals surface area contributed by atoms with Crippen LogP contribution in [-0.4, -0.2) is 20.1 Å². The van der Waals surface area contributed by atoms with Gasteiger partial charge in [-0.05, 0) is 54.1 Å². The van der Waals surface area contributed by atoms with Gasteiger partial charge in [0.15, 0.2) is 11.5 Å². The van der Waals surface area contributed by atoms with Gasteiger partial charge in [-0.1, -0.05) is 6.07 Å². The molecule has 0 bridgehead atoms. The van der Waals surface area contributed by atoms with Crippen LogP contribution in [0.1, 0.15) is 5.56 Å². The molecule has 0 saturated carbocycles. The second-order valence-electron chi connectivity index (χ2n) is 6.24. The minimum atomic E-state index is -0.683. The Bertz CT molecular complexity index is 1010. The van der Waals surface area contributed by atoms with Gasteiger partial charge in [-0.15, -0.1) is 0 Å². The SMILES string of the molecule is COc1ccc(CC(=O)Nc2ccc(Nc3ccc(F)cc3F)cc2)cc1OC. The maximum atomic E-state index is 13.7.